The molecule has 1 atom stereocenters. The van der Waals surface area contributed by atoms with E-state index in [4.69, 9.17) is 36.0 Å². The Kier molecular flexibility index (Phi) is 7.07. The van der Waals surface area contributed by atoms with Crippen LogP contribution in [-0.4, -0.2) is 5.97 Å². The number of ether oxygens (including phenoxy) is 3. The van der Waals surface area contributed by atoms with Crippen LogP contribution in [0.5, 0.6) is 17.2 Å². The summed E-state index contributed by atoms with van der Waals surface area (Å²) in [6.45, 7) is 4.16. The summed E-state index contributed by atoms with van der Waals surface area (Å²) in [5, 5.41) is 11.5. The third-order valence-electron chi connectivity index (χ3n) is 7.19. The molecule has 208 valence electrons. The van der Waals surface area contributed by atoms with Gasteiger partial charge in [0.25, 0.3) is 0 Å². The number of carbonyl (C=O) groups is 1. The summed E-state index contributed by atoms with van der Waals surface area (Å²) in [6.07, 6.45) is 0. The zero-order valence-corrected chi connectivity index (χ0v) is 23.6. The molecule has 2 N–H and O–H groups in total. The number of rotatable bonds is 6. The SMILES string of the molecule is Cc1ccc2oc(C(=O)Oc3ccc4c(c3)OC(N)=C(C#N)C4c3cccc(OCc4ccc(Cl)cc4)c3)c(C)c2c1. The van der Waals surface area contributed by atoms with Gasteiger partial charge in [-0.05, 0) is 67.4 Å². The van der Waals surface area contributed by atoms with Gasteiger partial charge in [-0.15, -0.1) is 0 Å². The van der Waals surface area contributed by atoms with Crippen LogP contribution >= 0.6 is 11.6 Å². The minimum Gasteiger partial charge on any atom is -0.489 e. The summed E-state index contributed by atoms with van der Waals surface area (Å²) < 4.78 is 23.3. The Hall–Kier alpha value is -5.19. The summed E-state index contributed by atoms with van der Waals surface area (Å²) in [4.78, 5) is 13.1. The van der Waals surface area contributed by atoms with Gasteiger partial charge in [0.15, 0.2) is 0 Å². The average Bonchev–Trinajstić information content (AvgIpc) is 3.31. The molecule has 5 aromatic rings. The first-order valence-corrected chi connectivity index (χ1v) is 13.6. The van der Waals surface area contributed by atoms with E-state index in [9.17, 15) is 10.1 Å². The fraction of sp³-hybridized carbons (Fsp3) is 0.118. The maximum Gasteiger partial charge on any atom is 0.379 e. The fourth-order valence-corrected chi connectivity index (χ4v) is 5.18. The molecule has 1 unspecified atom stereocenters. The van der Waals surface area contributed by atoms with Crippen LogP contribution in [0.1, 0.15) is 44.3 Å². The van der Waals surface area contributed by atoms with Crippen molar-refractivity contribution < 1.29 is 23.4 Å². The summed E-state index contributed by atoms with van der Waals surface area (Å²) in [6, 6.07) is 27.9. The van der Waals surface area contributed by atoms with Crippen LogP contribution in [0.2, 0.25) is 5.02 Å². The molecule has 0 saturated carbocycles. The molecule has 2 heterocycles. The molecule has 1 aliphatic heterocycles. The van der Waals surface area contributed by atoms with Crippen molar-refractivity contribution in [2.24, 2.45) is 5.73 Å². The minimum absolute atomic E-state index is 0.0190. The smallest absolute Gasteiger partial charge is 0.379 e. The topological polar surface area (TPSA) is 108 Å². The Bertz CT molecular complexity index is 1920. The second kappa shape index (κ2) is 11.0. The van der Waals surface area contributed by atoms with E-state index in [0.29, 0.717) is 39.8 Å². The van der Waals surface area contributed by atoms with Crippen molar-refractivity contribution >= 4 is 28.5 Å². The summed E-state index contributed by atoms with van der Waals surface area (Å²) >= 11 is 5.98. The highest BCUT2D eigenvalue weighted by molar-refractivity contribution is 6.30. The number of nitrogens with two attached hydrogens (primary N) is 1. The number of aryl methyl sites for hydroxylation is 2. The third kappa shape index (κ3) is 5.16. The summed E-state index contributed by atoms with van der Waals surface area (Å²) in [5.41, 5.74) is 11.3. The average molecular weight is 577 g/mol. The monoisotopic (exact) mass is 576 g/mol. The van der Waals surface area contributed by atoms with Crippen molar-refractivity contribution in [1.29, 1.82) is 5.26 Å². The molecule has 0 saturated heterocycles. The number of nitrogens with zero attached hydrogens (tertiary/aromatic N) is 1. The Morgan fingerprint density at radius 2 is 1.81 bits per heavy atom. The van der Waals surface area contributed by atoms with Crippen LogP contribution in [0.3, 0.4) is 0 Å². The van der Waals surface area contributed by atoms with Crippen molar-refractivity contribution in [3.05, 3.63) is 135 Å². The largest absolute Gasteiger partial charge is 0.489 e. The Morgan fingerprint density at radius 3 is 2.60 bits per heavy atom. The molecular weight excluding hydrogens is 552 g/mol. The lowest BCUT2D eigenvalue weighted by atomic mass is 9.83. The van der Waals surface area contributed by atoms with Gasteiger partial charge in [-0.3, -0.25) is 0 Å². The molecule has 1 aromatic heterocycles. The first-order valence-electron chi connectivity index (χ1n) is 13.2. The molecule has 8 heteroatoms. The maximum absolute atomic E-state index is 13.1. The number of hydrogen-bond acceptors (Lipinski definition) is 7. The number of benzene rings is 4. The molecular formula is C34H25ClN2O5. The van der Waals surface area contributed by atoms with Gasteiger partial charge in [-0.1, -0.05) is 53.6 Å². The van der Waals surface area contributed by atoms with Crippen LogP contribution in [0.25, 0.3) is 11.0 Å². The van der Waals surface area contributed by atoms with E-state index < -0.39 is 11.9 Å². The molecule has 7 nitrogen and oxygen atoms in total. The van der Waals surface area contributed by atoms with Gasteiger partial charge in [-0.25, -0.2) is 4.79 Å². The van der Waals surface area contributed by atoms with E-state index in [1.54, 1.807) is 18.2 Å². The number of hydrogen-bond donors (Lipinski definition) is 1. The molecule has 0 bridgehead atoms. The predicted octanol–water partition coefficient (Wildman–Crippen LogP) is 7.72. The quantitative estimate of drug-likeness (QED) is 0.163. The molecule has 4 aromatic carbocycles. The zero-order chi connectivity index (χ0) is 29.4. The molecule has 6 rings (SSSR count). The normalized spacial score (nSPS) is 14.2. The van der Waals surface area contributed by atoms with Gasteiger partial charge in [0.1, 0.15) is 41.1 Å². The van der Waals surface area contributed by atoms with Gasteiger partial charge in [-0.2, -0.15) is 5.26 Å². The highest BCUT2D eigenvalue weighted by Crippen LogP contribution is 2.44. The second-order valence-corrected chi connectivity index (χ2v) is 10.5. The van der Waals surface area contributed by atoms with Gasteiger partial charge >= 0.3 is 5.97 Å². The first kappa shape index (κ1) is 27.0. The number of fused-ring (bicyclic) bond motifs is 2. The lowest BCUT2D eigenvalue weighted by molar-refractivity contribution is 0.0702. The van der Waals surface area contributed by atoms with E-state index in [2.05, 4.69) is 6.07 Å². The number of esters is 1. The van der Waals surface area contributed by atoms with Gasteiger partial charge in [0.05, 0.1) is 5.92 Å². The Balaban J connectivity index is 1.27. The van der Waals surface area contributed by atoms with E-state index in [-0.39, 0.29) is 23.0 Å². The Morgan fingerprint density at radius 1 is 1.00 bits per heavy atom. The molecule has 0 amide bonds. The zero-order valence-electron chi connectivity index (χ0n) is 22.8. The maximum atomic E-state index is 13.1. The highest BCUT2D eigenvalue weighted by atomic mass is 35.5. The van der Waals surface area contributed by atoms with Gasteiger partial charge in [0, 0.05) is 27.6 Å². The minimum atomic E-state index is -0.625. The number of carbonyl (C=O) groups excluding carboxylic acids is 1. The van der Waals surface area contributed by atoms with Crippen LogP contribution in [0.4, 0.5) is 0 Å². The number of allylic oxidation sites excluding steroid dienone is 1. The summed E-state index contributed by atoms with van der Waals surface area (Å²) in [5.74, 6) is 0.244. The third-order valence-corrected chi connectivity index (χ3v) is 7.44. The van der Waals surface area contributed by atoms with Crippen molar-refractivity contribution in [2.75, 3.05) is 0 Å². The van der Waals surface area contributed by atoms with Crippen molar-refractivity contribution in [3.63, 3.8) is 0 Å². The predicted molar refractivity (Wildman–Crippen MR) is 159 cm³/mol. The summed E-state index contributed by atoms with van der Waals surface area (Å²) in [7, 11) is 0. The molecule has 0 radical (unpaired) electrons. The van der Waals surface area contributed by atoms with E-state index in [1.807, 2.05) is 80.6 Å². The number of halogens is 1. The van der Waals surface area contributed by atoms with Crippen LogP contribution in [-0.2, 0) is 6.61 Å². The van der Waals surface area contributed by atoms with Crippen LogP contribution in [0.15, 0.2) is 101 Å². The molecule has 0 spiro atoms. The van der Waals surface area contributed by atoms with Gasteiger partial charge < -0.3 is 24.4 Å². The van der Waals surface area contributed by atoms with E-state index in [1.165, 1.54) is 0 Å². The van der Waals surface area contributed by atoms with Gasteiger partial charge in [0.2, 0.25) is 11.6 Å². The van der Waals surface area contributed by atoms with Crippen LogP contribution in [0, 0.1) is 25.2 Å². The lowest BCUT2D eigenvalue weighted by Gasteiger charge is -2.27. The van der Waals surface area contributed by atoms with Crippen LogP contribution < -0.4 is 19.9 Å². The fourth-order valence-electron chi connectivity index (χ4n) is 5.06. The molecule has 0 aliphatic carbocycles. The standard InChI is InChI=1S/C34H25ClN2O5/c1-19-6-13-29-27(14-19)20(2)32(41-29)34(38)40-25-11-12-26-30(16-25)42-33(37)28(17-36)31(26)22-4-3-5-24(15-22)39-18-21-7-9-23(35)10-8-21/h3-16,31H,18,37H2,1-2H3. The van der Waals surface area contributed by atoms with E-state index >= 15 is 0 Å². The highest BCUT2D eigenvalue weighted by Gasteiger charge is 2.31. The molecule has 42 heavy (non-hydrogen) atoms. The number of furan rings is 1. The number of nitriles is 1. The molecule has 1 aliphatic rings. The van der Waals surface area contributed by atoms with E-state index in [0.717, 1.165) is 22.1 Å². The van der Waals surface area contributed by atoms with Crippen molar-refractivity contribution in [1.82, 2.24) is 0 Å². The molecule has 0 fully saturated rings. The lowest BCUT2D eigenvalue weighted by Crippen LogP contribution is -2.21. The van der Waals surface area contributed by atoms with Crippen molar-refractivity contribution in [2.45, 2.75) is 26.4 Å². The second-order valence-electron chi connectivity index (χ2n) is 10.1. The Labute approximate surface area is 247 Å². The first-order chi connectivity index (χ1) is 20.3. The van der Waals surface area contributed by atoms with Crippen molar-refractivity contribution in [3.8, 4) is 23.3 Å².